The van der Waals surface area contributed by atoms with Gasteiger partial charge in [-0.3, -0.25) is 0 Å². The molecule has 0 aliphatic heterocycles. The third-order valence-corrected chi connectivity index (χ3v) is 2.21. The van der Waals surface area contributed by atoms with Crippen LogP contribution < -0.4 is 11.1 Å². The molecule has 0 saturated carbocycles. The van der Waals surface area contributed by atoms with Gasteiger partial charge in [-0.05, 0) is 20.0 Å². The fourth-order valence-corrected chi connectivity index (χ4v) is 1.45. The molecule has 80 valence electrons. The van der Waals surface area contributed by atoms with Crippen LogP contribution in [0.1, 0.15) is 12.2 Å². The predicted octanol–water partition coefficient (Wildman–Crippen LogP) is 0.0871. The molecule has 0 bridgehead atoms. The first kappa shape index (κ1) is 9.85. The van der Waals surface area contributed by atoms with E-state index in [2.05, 4.69) is 25.3 Å². The Kier molecular flexibility index (Phi) is 2.77. The minimum absolute atomic E-state index is 0.451. The first-order valence-corrected chi connectivity index (χ1v) is 4.91. The van der Waals surface area contributed by atoms with E-state index in [1.165, 1.54) is 6.33 Å². The lowest BCUT2D eigenvalue weighted by atomic mass is 10.3. The first-order valence-electron chi connectivity index (χ1n) is 4.91. The lowest BCUT2D eigenvalue weighted by Gasteiger charge is -1.95. The fourth-order valence-electron chi connectivity index (χ4n) is 1.45. The summed E-state index contributed by atoms with van der Waals surface area (Å²) in [7, 11) is 1.93. The summed E-state index contributed by atoms with van der Waals surface area (Å²) in [5.74, 6) is 1.36. The van der Waals surface area contributed by atoms with Crippen LogP contribution in [0.5, 0.6) is 0 Å². The molecule has 0 amide bonds. The van der Waals surface area contributed by atoms with Crippen LogP contribution in [-0.2, 0) is 6.42 Å². The Labute approximate surface area is 87.3 Å². The topological polar surface area (TPSA) is 92.5 Å². The number of fused-ring (bicyclic) bond motifs is 1. The maximum Gasteiger partial charge on any atom is 0.183 e. The molecule has 2 rings (SSSR count). The number of anilines is 1. The number of rotatable bonds is 4. The molecule has 6 heteroatoms. The van der Waals surface area contributed by atoms with E-state index in [0.717, 1.165) is 30.7 Å². The minimum Gasteiger partial charge on any atom is -0.382 e. The van der Waals surface area contributed by atoms with Gasteiger partial charge in [0.15, 0.2) is 11.5 Å². The third-order valence-electron chi connectivity index (χ3n) is 2.21. The van der Waals surface area contributed by atoms with Crippen LogP contribution >= 0.6 is 0 Å². The lowest BCUT2D eigenvalue weighted by Crippen LogP contribution is -2.08. The van der Waals surface area contributed by atoms with Crippen molar-refractivity contribution in [3.63, 3.8) is 0 Å². The molecule has 4 N–H and O–H groups in total. The maximum absolute atomic E-state index is 5.69. The van der Waals surface area contributed by atoms with Crippen LogP contribution in [0.25, 0.3) is 11.2 Å². The van der Waals surface area contributed by atoms with Crippen LogP contribution in [0, 0.1) is 0 Å². The Bertz CT molecular complexity index is 449. The van der Waals surface area contributed by atoms with Crippen molar-refractivity contribution < 1.29 is 0 Å². The van der Waals surface area contributed by atoms with E-state index in [4.69, 9.17) is 5.73 Å². The second kappa shape index (κ2) is 4.22. The monoisotopic (exact) mass is 206 g/mol. The molecule has 0 radical (unpaired) electrons. The third kappa shape index (κ3) is 2.04. The molecule has 0 aliphatic rings. The number of H-pyrrole nitrogens is 1. The summed E-state index contributed by atoms with van der Waals surface area (Å²) in [5.41, 5.74) is 7.06. The zero-order chi connectivity index (χ0) is 10.7. The summed E-state index contributed by atoms with van der Waals surface area (Å²) in [6, 6.07) is 0. The van der Waals surface area contributed by atoms with Crippen molar-refractivity contribution in [1.82, 2.24) is 25.3 Å². The molecule has 2 heterocycles. The van der Waals surface area contributed by atoms with Gasteiger partial charge >= 0.3 is 0 Å². The van der Waals surface area contributed by atoms with E-state index in [0.29, 0.717) is 11.5 Å². The highest BCUT2D eigenvalue weighted by Gasteiger charge is 2.06. The molecule has 0 spiro atoms. The SMILES string of the molecule is CNCCCc1nc2ncnc(N)c2[nH]1. The number of nitrogens with two attached hydrogens (primary N) is 1. The molecular weight excluding hydrogens is 192 g/mol. The zero-order valence-electron chi connectivity index (χ0n) is 8.62. The Hall–Kier alpha value is -1.69. The molecule has 0 fully saturated rings. The smallest absolute Gasteiger partial charge is 0.183 e. The van der Waals surface area contributed by atoms with Crippen molar-refractivity contribution in [2.45, 2.75) is 12.8 Å². The summed E-state index contributed by atoms with van der Waals surface area (Å²) < 4.78 is 0. The van der Waals surface area contributed by atoms with Crippen molar-refractivity contribution in [3.8, 4) is 0 Å². The van der Waals surface area contributed by atoms with Gasteiger partial charge in [0, 0.05) is 6.42 Å². The Morgan fingerprint density at radius 3 is 3.07 bits per heavy atom. The Morgan fingerprint density at radius 1 is 1.47 bits per heavy atom. The van der Waals surface area contributed by atoms with Gasteiger partial charge < -0.3 is 16.0 Å². The van der Waals surface area contributed by atoms with Gasteiger partial charge in [0.25, 0.3) is 0 Å². The number of nitrogen functional groups attached to an aromatic ring is 1. The molecule has 0 atom stereocenters. The van der Waals surface area contributed by atoms with Crippen LogP contribution in [0.2, 0.25) is 0 Å². The predicted molar refractivity (Wildman–Crippen MR) is 58.3 cm³/mol. The minimum atomic E-state index is 0.451. The van der Waals surface area contributed by atoms with Gasteiger partial charge in [-0.1, -0.05) is 0 Å². The second-order valence-electron chi connectivity index (χ2n) is 3.35. The van der Waals surface area contributed by atoms with Gasteiger partial charge in [0.1, 0.15) is 17.7 Å². The van der Waals surface area contributed by atoms with E-state index in [1.807, 2.05) is 7.05 Å². The van der Waals surface area contributed by atoms with Crippen molar-refractivity contribution in [2.24, 2.45) is 0 Å². The van der Waals surface area contributed by atoms with Crippen LogP contribution in [0.4, 0.5) is 5.82 Å². The van der Waals surface area contributed by atoms with Gasteiger partial charge in [0.05, 0.1) is 0 Å². The van der Waals surface area contributed by atoms with E-state index in [-0.39, 0.29) is 0 Å². The highest BCUT2D eigenvalue weighted by atomic mass is 15.0. The van der Waals surface area contributed by atoms with Gasteiger partial charge in [0.2, 0.25) is 0 Å². The van der Waals surface area contributed by atoms with Crippen LogP contribution in [0.15, 0.2) is 6.33 Å². The lowest BCUT2D eigenvalue weighted by molar-refractivity contribution is 0.708. The first-order chi connectivity index (χ1) is 7.31. The number of hydrogen-bond donors (Lipinski definition) is 3. The molecule has 0 unspecified atom stereocenters. The molecule has 6 nitrogen and oxygen atoms in total. The molecule has 0 saturated heterocycles. The molecule has 2 aromatic heterocycles. The summed E-state index contributed by atoms with van der Waals surface area (Å²) in [5, 5.41) is 3.09. The van der Waals surface area contributed by atoms with E-state index in [9.17, 15) is 0 Å². The number of imidazole rings is 1. The second-order valence-corrected chi connectivity index (χ2v) is 3.35. The van der Waals surface area contributed by atoms with Crippen molar-refractivity contribution >= 4 is 17.0 Å². The molecule has 0 aliphatic carbocycles. The number of hydrogen-bond acceptors (Lipinski definition) is 5. The molecule has 2 aromatic rings. The van der Waals surface area contributed by atoms with E-state index in [1.54, 1.807) is 0 Å². The quantitative estimate of drug-likeness (QED) is 0.616. The molecule has 15 heavy (non-hydrogen) atoms. The van der Waals surface area contributed by atoms with Crippen molar-refractivity contribution in [3.05, 3.63) is 12.2 Å². The molecular formula is C9H14N6. The standard InChI is InChI=1S/C9H14N6/c1-11-4-2-3-6-14-7-8(10)12-5-13-9(7)15-6/h5,11H,2-4H2,1H3,(H3,10,12,13,14,15). The van der Waals surface area contributed by atoms with Gasteiger partial charge in [-0.25, -0.2) is 15.0 Å². The summed E-state index contributed by atoms with van der Waals surface area (Å²) >= 11 is 0. The highest BCUT2D eigenvalue weighted by molar-refractivity contribution is 5.80. The van der Waals surface area contributed by atoms with E-state index < -0.39 is 0 Å². The average Bonchev–Trinajstić information content (AvgIpc) is 2.63. The van der Waals surface area contributed by atoms with Crippen LogP contribution in [-0.4, -0.2) is 33.5 Å². The van der Waals surface area contributed by atoms with Gasteiger partial charge in [-0.2, -0.15) is 0 Å². The number of nitrogens with zero attached hydrogens (tertiary/aromatic N) is 3. The average molecular weight is 206 g/mol. The number of aromatic nitrogens is 4. The van der Waals surface area contributed by atoms with E-state index >= 15 is 0 Å². The fraction of sp³-hybridized carbons (Fsp3) is 0.444. The highest BCUT2D eigenvalue weighted by Crippen LogP contribution is 2.13. The largest absolute Gasteiger partial charge is 0.382 e. The summed E-state index contributed by atoms with van der Waals surface area (Å²) in [6.07, 6.45) is 3.34. The van der Waals surface area contributed by atoms with Gasteiger partial charge in [-0.15, -0.1) is 0 Å². The van der Waals surface area contributed by atoms with Crippen LogP contribution in [0.3, 0.4) is 0 Å². The number of aryl methyl sites for hydroxylation is 1. The summed E-state index contributed by atoms with van der Waals surface area (Å²) in [6.45, 7) is 0.970. The zero-order valence-corrected chi connectivity index (χ0v) is 8.62. The normalized spacial score (nSPS) is 11.0. The Morgan fingerprint density at radius 2 is 2.33 bits per heavy atom. The maximum atomic E-state index is 5.69. The Balaban J connectivity index is 2.20. The number of aromatic amines is 1. The van der Waals surface area contributed by atoms with Crippen molar-refractivity contribution in [2.75, 3.05) is 19.3 Å². The molecule has 0 aromatic carbocycles. The summed E-state index contributed by atoms with van der Waals surface area (Å²) in [4.78, 5) is 15.4. The number of nitrogens with one attached hydrogen (secondary N) is 2. The van der Waals surface area contributed by atoms with Crippen molar-refractivity contribution in [1.29, 1.82) is 0 Å².